The first-order chi connectivity index (χ1) is 9.11. The van der Waals surface area contributed by atoms with Gasteiger partial charge in [0.15, 0.2) is 0 Å². The molecular weight excluding hydrogens is 240 g/mol. The van der Waals surface area contributed by atoms with E-state index in [1.165, 1.54) is 0 Å². The van der Waals surface area contributed by atoms with Gasteiger partial charge >= 0.3 is 0 Å². The van der Waals surface area contributed by atoms with Gasteiger partial charge in [-0.3, -0.25) is 4.79 Å². The molecule has 1 amide bonds. The van der Waals surface area contributed by atoms with Crippen LogP contribution in [0.2, 0.25) is 0 Å². The maximum absolute atomic E-state index is 12.3. The van der Waals surface area contributed by atoms with Gasteiger partial charge in [-0.05, 0) is 37.0 Å². The van der Waals surface area contributed by atoms with Gasteiger partial charge in [-0.25, -0.2) is 0 Å². The van der Waals surface area contributed by atoms with E-state index in [1.807, 2.05) is 11.0 Å². The molecular formula is C15H20N2O2. The first kappa shape index (κ1) is 13.6. The van der Waals surface area contributed by atoms with Crippen molar-refractivity contribution in [2.45, 2.75) is 37.9 Å². The zero-order valence-electron chi connectivity index (χ0n) is 11.0. The maximum Gasteiger partial charge on any atom is 0.240 e. The average molecular weight is 260 g/mol. The molecule has 0 aromatic heterocycles. The van der Waals surface area contributed by atoms with E-state index in [0.717, 1.165) is 18.4 Å². The van der Waals surface area contributed by atoms with Crippen LogP contribution < -0.4 is 5.73 Å². The summed E-state index contributed by atoms with van der Waals surface area (Å²) in [6.07, 6.45) is 4.22. The molecule has 1 aliphatic carbocycles. The summed E-state index contributed by atoms with van der Waals surface area (Å²) in [7, 11) is 0. The van der Waals surface area contributed by atoms with Gasteiger partial charge in [0.2, 0.25) is 5.91 Å². The standard InChI is InChI=1S/C15H20N2O2/c1-2-4-14(16)15(19)17(12-7-8-12)10-11-5-3-6-13(18)9-11/h2-3,5-6,9,12,14,18H,1,4,7-8,10,16H2. The smallest absolute Gasteiger partial charge is 0.240 e. The molecule has 1 aliphatic rings. The third kappa shape index (κ3) is 3.58. The van der Waals surface area contributed by atoms with Crippen molar-refractivity contribution in [2.75, 3.05) is 0 Å². The van der Waals surface area contributed by atoms with Crippen molar-refractivity contribution >= 4 is 5.91 Å². The SMILES string of the molecule is C=CCC(N)C(=O)N(Cc1cccc(O)c1)C1CC1. The summed E-state index contributed by atoms with van der Waals surface area (Å²) >= 11 is 0. The lowest BCUT2D eigenvalue weighted by Gasteiger charge is -2.25. The van der Waals surface area contributed by atoms with Crippen LogP contribution in [0.3, 0.4) is 0 Å². The third-order valence-electron chi connectivity index (χ3n) is 3.27. The van der Waals surface area contributed by atoms with E-state index in [-0.39, 0.29) is 11.7 Å². The molecule has 1 saturated carbocycles. The number of amides is 1. The van der Waals surface area contributed by atoms with Crippen LogP contribution in [0.4, 0.5) is 0 Å². The fourth-order valence-corrected chi connectivity index (χ4v) is 2.12. The minimum absolute atomic E-state index is 0.0363. The summed E-state index contributed by atoms with van der Waals surface area (Å²) in [4.78, 5) is 14.1. The van der Waals surface area contributed by atoms with Crippen molar-refractivity contribution in [1.29, 1.82) is 0 Å². The van der Waals surface area contributed by atoms with Crippen LogP contribution in [0, 0.1) is 0 Å². The van der Waals surface area contributed by atoms with E-state index in [1.54, 1.807) is 24.3 Å². The van der Waals surface area contributed by atoms with Crippen molar-refractivity contribution in [2.24, 2.45) is 5.73 Å². The summed E-state index contributed by atoms with van der Waals surface area (Å²) in [6.45, 7) is 4.12. The zero-order valence-corrected chi connectivity index (χ0v) is 11.0. The molecule has 1 atom stereocenters. The molecule has 1 unspecified atom stereocenters. The van der Waals surface area contributed by atoms with Crippen LogP contribution in [0.5, 0.6) is 5.75 Å². The molecule has 0 radical (unpaired) electrons. The minimum atomic E-state index is -0.518. The van der Waals surface area contributed by atoms with E-state index in [4.69, 9.17) is 5.73 Å². The molecule has 0 saturated heterocycles. The summed E-state index contributed by atoms with van der Waals surface area (Å²) in [5.41, 5.74) is 6.79. The van der Waals surface area contributed by atoms with E-state index in [0.29, 0.717) is 19.0 Å². The number of nitrogens with two attached hydrogens (primary N) is 1. The molecule has 4 nitrogen and oxygen atoms in total. The Labute approximate surface area is 113 Å². The second kappa shape index (κ2) is 5.89. The monoisotopic (exact) mass is 260 g/mol. The van der Waals surface area contributed by atoms with Crippen molar-refractivity contribution < 1.29 is 9.90 Å². The number of aromatic hydroxyl groups is 1. The lowest BCUT2D eigenvalue weighted by molar-refractivity contribution is -0.133. The third-order valence-corrected chi connectivity index (χ3v) is 3.27. The van der Waals surface area contributed by atoms with Crippen LogP contribution in [0.1, 0.15) is 24.8 Å². The van der Waals surface area contributed by atoms with E-state index >= 15 is 0 Å². The Bertz CT molecular complexity index is 469. The Balaban J connectivity index is 2.08. The van der Waals surface area contributed by atoms with Gasteiger partial charge in [0.1, 0.15) is 5.75 Å². The Hall–Kier alpha value is -1.81. The highest BCUT2D eigenvalue weighted by Gasteiger charge is 2.34. The van der Waals surface area contributed by atoms with Crippen molar-refractivity contribution in [3.63, 3.8) is 0 Å². The number of carbonyl (C=O) groups is 1. The Kier molecular flexibility index (Phi) is 4.22. The fourth-order valence-electron chi connectivity index (χ4n) is 2.12. The van der Waals surface area contributed by atoms with Crippen LogP contribution in [-0.4, -0.2) is 28.0 Å². The molecule has 1 aromatic rings. The number of nitrogens with zero attached hydrogens (tertiary/aromatic N) is 1. The van der Waals surface area contributed by atoms with Gasteiger partial charge in [0.25, 0.3) is 0 Å². The Morgan fingerprint density at radius 3 is 2.89 bits per heavy atom. The average Bonchev–Trinajstić information content (AvgIpc) is 3.20. The lowest BCUT2D eigenvalue weighted by atomic mass is 10.1. The summed E-state index contributed by atoms with van der Waals surface area (Å²) in [6, 6.07) is 6.77. The second-order valence-electron chi connectivity index (χ2n) is 5.00. The maximum atomic E-state index is 12.3. The van der Waals surface area contributed by atoms with Gasteiger partial charge < -0.3 is 15.7 Å². The second-order valence-corrected chi connectivity index (χ2v) is 5.00. The molecule has 0 aliphatic heterocycles. The number of phenols is 1. The lowest BCUT2D eigenvalue weighted by Crippen LogP contribution is -2.44. The normalized spacial score (nSPS) is 15.8. The van der Waals surface area contributed by atoms with Gasteiger partial charge in [-0.2, -0.15) is 0 Å². The van der Waals surface area contributed by atoms with E-state index in [9.17, 15) is 9.90 Å². The van der Waals surface area contributed by atoms with Crippen LogP contribution >= 0.6 is 0 Å². The highest BCUT2D eigenvalue weighted by Crippen LogP contribution is 2.29. The van der Waals surface area contributed by atoms with Gasteiger partial charge in [-0.1, -0.05) is 18.2 Å². The molecule has 4 heteroatoms. The number of phenolic OH excluding ortho intramolecular Hbond substituents is 1. The predicted molar refractivity (Wildman–Crippen MR) is 74.5 cm³/mol. The van der Waals surface area contributed by atoms with Crippen molar-refractivity contribution in [3.05, 3.63) is 42.5 Å². The molecule has 19 heavy (non-hydrogen) atoms. The summed E-state index contributed by atoms with van der Waals surface area (Å²) in [5, 5.41) is 9.47. The van der Waals surface area contributed by atoms with E-state index < -0.39 is 6.04 Å². The number of benzene rings is 1. The highest BCUT2D eigenvalue weighted by atomic mass is 16.3. The first-order valence-electron chi connectivity index (χ1n) is 6.56. The van der Waals surface area contributed by atoms with Crippen molar-refractivity contribution in [3.8, 4) is 5.75 Å². The number of hydrogen-bond acceptors (Lipinski definition) is 3. The zero-order chi connectivity index (χ0) is 13.8. The van der Waals surface area contributed by atoms with E-state index in [2.05, 4.69) is 6.58 Å². The largest absolute Gasteiger partial charge is 0.508 e. The Morgan fingerprint density at radius 2 is 2.32 bits per heavy atom. The molecule has 1 fully saturated rings. The molecule has 3 N–H and O–H groups in total. The summed E-state index contributed by atoms with van der Waals surface area (Å²) in [5.74, 6) is 0.182. The summed E-state index contributed by atoms with van der Waals surface area (Å²) < 4.78 is 0. The minimum Gasteiger partial charge on any atom is -0.508 e. The highest BCUT2D eigenvalue weighted by molar-refractivity contribution is 5.82. The van der Waals surface area contributed by atoms with Crippen LogP contribution in [0.25, 0.3) is 0 Å². The molecule has 1 aromatic carbocycles. The molecule has 2 rings (SSSR count). The number of carbonyl (C=O) groups excluding carboxylic acids is 1. The van der Waals surface area contributed by atoms with Gasteiger partial charge in [-0.15, -0.1) is 6.58 Å². The molecule has 102 valence electrons. The topological polar surface area (TPSA) is 66.6 Å². The fraction of sp³-hybridized carbons (Fsp3) is 0.400. The Morgan fingerprint density at radius 1 is 1.58 bits per heavy atom. The molecule has 0 bridgehead atoms. The van der Waals surface area contributed by atoms with Crippen LogP contribution in [0.15, 0.2) is 36.9 Å². The van der Waals surface area contributed by atoms with Gasteiger partial charge in [0, 0.05) is 12.6 Å². The number of rotatable bonds is 6. The number of hydrogen-bond donors (Lipinski definition) is 2. The quantitative estimate of drug-likeness (QED) is 0.766. The predicted octanol–water partition coefficient (Wildman–Crippen LogP) is 1.79. The molecule has 0 heterocycles. The van der Waals surface area contributed by atoms with Crippen LogP contribution in [-0.2, 0) is 11.3 Å². The first-order valence-corrected chi connectivity index (χ1v) is 6.56. The van der Waals surface area contributed by atoms with Gasteiger partial charge in [0.05, 0.1) is 6.04 Å². The van der Waals surface area contributed by atoms with Crippen molar-refractivity contribution in [1.82, 2.24) is 4.90 Å². The molecule has 0 spiro atoms.